The zero-order valence-corrected chi connectivity index (χ0v) is 13.2. The Balaban J connectivity index is 1.96. The van der Waals surface area contributed by atoms with Gasteiger partial charge in [0.05, 0.1) is 29.8 Å². The lowest BCUT2D eigenvalue weighted by molar-refractivity contribution is -0.129. The van der Waals surface area contributed by atoms with E-state index >= 15 is 0 Å². The van der Waals surface area contributed by atoms with Crippen LogP contribution in [0.3, 0.4) is 0 Å². The van der Waals surface area contributed by atoms with Gasteiger partial charge in [-0.05, 0) is 32.8 Å². The summed E-state index contributed by atoms with van der Waals surface area (Å²) < 4.78 is 1.94. The number of carbonyl (C=O) groups excluding carboxylic acids is 1. The van der Waals surface area contributed by atoms with E-state index in [2.05, 4.69) is 23.9 Å². The van der Waals surface area contributed by atoms with E-state index in [4.69, 9.17) is 4.98 Å². The van der Waals surface area contributed by atoms with Gasteiger partial charge in [0.25, 0.3) is 0 Å². The van der Waals surface area contributed by atoms with Gasteiger partial charge in [-0.2, -0.15) is 5.10 Å². The Morgan fingerprint density at radius 1 is 1.36 bits per heavy atom. The van der Waals surface area contributed by atoms with Crippen LogP contribution in [0.2, 0.25) is 0 Å². The van der Waals surface area contributed by atoms with Crippen molar-refractivity contribution in [3.63, 3.8) is 0 Å². The maximum atomic E-state index is 11.8. The second-order valence-electron chi connectivity index (χ2n) is 5.95. The van der Waals surface area contributed by atoms with Crippen LogP contribution in [-0.4, -0.2) is 37.1 Å². The lowest BCUT2D eigenvalue weighted by Gasteiger charge is -2.22. The molecule has 0 saturated carbocycles. The van der Waals surface area contributed by atoms with Gasteiger partial charge in [-0.25, -0.2) is 4.98 Å². The quantitative estimate of drug-likeness (QED) is 0.874. The Kier molecular flexibility index (Phi) is 3.92. The zero-order valence-electron chi connectivity index (χ0n) is 13.2. The van der Waals surface area contributed by atoms with Gasteiger partial charge < -0.3 is 4.90 Å². The monoisotopic (exact) mass is 299 g/mol. The van der Waals surface area contributed by atoms with Gasteiger partial charge >= 0.3 is 0 Å². The molecule has 22 heavy (non-hydrogen) atoms. The summed E-state index contributed by atoms with van der Waals surface area (Å²) in [5.74, 6) is 0.0990. The topological polar surface area (TPSA) is 63.9 Å². The largest absolute Gasteiger partial charge is 0.334 e. The van der Waals surface area contributed by atoms with E-state index in [0.29, 0.717) is 0 Å². The second-order valence-corrected chi connectivity index (χ2v) is 5.95. The van der Waals surface area contributed by atoms with Gasteiger partial charge in [-0.15, -0.1) is 0 Å². The molecule has 3 rings (SSSR count). The number of hydrogen-bond acceptors (Lipinski definition) is 4. The smallest absolute Gasteiger partial charge is 0.220 e. The van der Waals surface area contributed by atoms with Gasteiger partial charge in [0.1, 0.15) is 5.69 Å². The highest BCUT2D eigenvalue weighted by molar-refractivity contribution is 5.74. The first-order valence-electron chi connectivity index (χ1n) is 7.71. The van der Waals surface area contributed by atoms with E-state index in [1.54, 1.807) is 25.5 Å². The number of amides is 1. The summed E-state index contributed by atoms with van der Waals surface area (Å²) in [6.45, 7) is 6.59. The highest BCUT2D eigenvalue weighted by Gasteiger charge is 2.29. The molecule has 2 aromatic rings. The van der Waals surface area contributed by atoms with Crippen molar-refractivity contribution < 1.29 is 4.79 Å². The Morgan fingerprint density at radius 2 is 2.18 bits per heavy atom. The van der Waals surface area contributed by atoms with Gasteiger partial charge in [0, 0.05) is 25.7 Å². The molecule has 6 heteroatoms. The van der Waals surface area contributed by atoms with Crippen molar-refractivity contribution in [1.82, 2.24) is 24.6 Å². The summed E-state index contributed by atoms with van der Waals surface area (Å²) in [4.78, 5) is 22.7. The van der Waals surface area contributed by atoms with Crippen LogP contribution in [0, 0.1) is 0 Å². The van der Waals surface area contributed by atoms with Crippen LogP contribution in [0.25, 0.3) is 11.4 Å². The third-order valence-electron chi connectivity index (χ3n) is 4.07. The molecule has 6 nitrogen and oxygen atoms in total. The van der Waals surface area contributed by atoms with Crippen LogP contribution >= 0.6 is 0 Å². The molecule has 0 N–H and O–H groups in total. The summed E-state index contributed by atoms with van der Waals surface area (Å²) in [5, 5.41) is 4.35. The maximum absolute atomic E-state index is 11.8. The summed E-state index contributed by atoms with van der Waals surface area (Å²) in [7, 11) is 0. The number of hydrogen-bond donors (Lipinski definition) is 0. The first-order valence-corrected chi connectivity index (χ1v) is 7.71. The number of likely N-dealkylation sites (tertiary alicyclic amines) is 1. The number of aromatic nitrogens is 4. The molecule has 1 unspecified atom stereocenters. The summed E-state index contributed by atoms with van der Waals surface area (Å²) >= 11 is 0. The lowest BCUT2D eigenvalue weighted by atomic mass is 10.1. The first kappa shape index (κ1) is 14.7. The zero-order chi connectivity index (χ0) is 15.7. The van der Waals surface area contributed by atoms with Crippen molar-refractivity contribution in [2.24, 2.45) is 0 Å². The Labute approximate surface area is 130 Å². The molecule has 1 fully saturated rings. The fraction of sp³-hybridized carbons (Fsp3) is 0.500. The van der Waals surface area contributed by atoms with Crippen molar-refractivity contribution in [1.29, 1.82) is 0 Å². The first-order chi connectivity index (χ1) is 10.6. The highest BCUT2D eigenvalue weighted by Crippen LogP contribution is 2.31. The van der Waals surface area contributed by atoms with E-state index in [1.165, 1.54) is 0 Å². The Hall–Kier alpha value is -2.24. The maximum Gasteiger partial charge on any atom is 0.220 e. The standard InChI is InChI=1S/C16H21N5O/c1-11(2)21-16(6-7-18-21)14-10-17-9-13(19-14)15-5-4-8-20(15)12(3)22/h6-7,9-11,15H,4-5,8H2,1-3H3. The van der Waals surface area contributed by atoms with Gasteiger partial charge in [-0.3, -0.25) is 14.5 Å². The predicted octanol–water partition coefficient (Wildman–Crippen LogP) is 2.60. The minimum Gasteiger partial charge on any atom is -0.334 e. The summed E-state index contributed by atoms with van der Waals surface area (Å²) in [5.41, 5.74) is 2.62. The average Bonchev–Trinajstić information content (AvgIpc) is 3.16. The van der Waals surface area contributed by atoms with Crippen molar-refractivity contribution in [2.45, 2.75) is 45.7 Å². The summed E-state index contributed by atoms with van der Waals surface area (Å²) in [6.07, 6.45) is 7.26. The molecule has 0 radical (unpaired) electrons. The van der Waals surface area contributed by atoms with Gasteiger partial charge in [0.15, 0.2) is 0 Å². The van der Waals surface area contributed by atoms with Crippen molar-refractivity contribution >= 4 is 5.91 Å². The fourth-order valence-electron chi connectivity index (χ4n) is 3.04. The minimum absolute atomic E-state index is 0.0420. The van der Waals surface area contributed by atoms with E-state index in [1.807, 2.05) is 15.6 Å². The second kappa shape index (κ2) is 5.87. The van der Waals surface area contributed by atoms with Crippen LogP contribution < -0.4 is 0 Å². The normalized spacial score (nSPS) is 18.2. The van der Waals surface area contributed by atoms with Crippen molar-refractivity contribution in [2.75, 3.05) is 6.54 Å². The molecule has 1 atom stereocenters. The van der Waals surface area contributed by atoms with Crippen molar-refractivity contribution in [3.05, 3.63) is 30.4 Å². The highest BCUT2D eigenvalue weighted by atomic mass is 16.2. The molecule has 0 aliphatic carbocycles. The van der Waals surface area contributed by atoms with Crippen LogP contribution in [-0.2, 0) is 4.79 Å². The van der Waals surface area contributed by atoms with E-state index in [0.717, 1.165) is 36.5 Å². The van der Waals surface area contributed by atoms with Crippen LogP contribution in [0.1, 0.15) is 51.4 Å². The molecule has 1 amide bonds. The van der Waals surface area contributed by atoms with Crippen molar-refractivity contribution in [3.8, 4) is 11.4 Å². The van der Waals surface area contributed by atoms with Crippen LogP contribution in [0.4, 0.5) is 0 Å². The molecule has 0 bridgehead atoms. The molecule has 1 aliphatic heterocycles. The van der Waals surface area contributed by atoms with Crippen LogP contribution in [0.5, 0.6) is 0 Å². The molecule has 116 valence electrons. The molecule has 1 aliphatic rings. The fourth-order valence-corrected chi connectivity index (χ4v) is 3.04. The SMILES string of the molecule is CC(=O)N1CCCC1c1cncc(-c2ccnn2C(C)C)n1. The van der Waals surface area contributed by atoms with Gasteiger partial charge in [-0.1, -0.05) is 0 Å². The number of carbonyl (C=O) groups is 1. The average molecular weight is 299 g/mol. The number of rotatable bonds is 3. The molecular weight excluding hydrogens is 278 g/mol. The van der Waals surface area contributed by atoms with E-state index < -0.39 is 0 Å². The van der Waals surface area contributed by atoms with Gasteiger partial charge in [0.2, 0.25) is 5.91 Å². The molecular formula is C16H21N5O. The lowest BCUT2D eigenvalue weighted by Crippen LogP contribution is -2.28. The van der Waals surface area contributed by atoms with Crippen LogP contribution in [0.15, 0.2) is 24.7 Å². The Morgan fingerprint density at radius 3 is 2.91 bits per heavy atom. The van der Waals surface area contributed by atoms with E-state index in [-0.39, 0.29) is 18.0 Å². The third-order valence-corrected chi connectivity index (χ3v) is 4.07. The predicted molar refractivity (Wildman–Crippen MR) is 83.0 cm³/mol. The molecule has 0 aromatic carbocycles. The third kappa shape index (κ3) is 2.61. The molecule has 1 saturated heterocycles. The molecule has 3 heterocycles. The minimum atomic E-state index is 0.0420. The molecule has 0 spiro atoms. The number of nitrogens with zero attached hydrogens (tertiary/aromatic N) is 5. The van der Waals surface area contributed by atoms with E-state index in [9.17, 15) is 4.79 Å². The Bertz CT molecular complexity index is 679. The molecule has 2 aromatic heterocycles. The summed E-state index contributed by atoms with van der Waals surface area (Å²) in [6, 6.07) is 2.25.